The third-order valence-corrected chi connectivity index (χ3v) is 5.01. The van der Waals surface area contributed by atoms with E-state index in [0.29, 0.717) is 12.3 Å². The lowest BCUT2D eigenvalue weighted by molar-refractivity contribution is -0.123. The van der Waals surface area contributed by atoms with Crippen LogP contribution >= 0.6 is 0 Å². The van der Waals surface area contributed by atoms with Crippen molar-refractivity contribution in [1.82, 2.24) is 15.5 Å². The minimum absolute atomic E-state index is 0.0194. The van der Waals surface area contributed by atoms with Crippen LogP contribution in [0.4, 0.5) is 14.6 Å². The summed E-state index contributed by atoms with van der Waals surface area (Å²) in [6, 6.07) is 13.7. The van der Waals surface area contributed by atoms with Crippen molar-refractivity contribution in [3.05, 3.63) is 66.2 Å². The van der Waals surface area contributed by atoms with Crippen LogP contribution in [0.25, 0.3) is 11.3 Å². The average Bonchev–Trinajstić information content (AvgIpc) is 3.24. The second-order valence-corrected chi connectivity index (χ2v) is 7.24. The van der Waals surface area contributed by atoms with Crippen molar-refractivity contribution in [3.63, 3.8) is 0 Å². The molecule has 1 atom stereocenters. The first kappa shape index (κ1) is 19.9. The Labute approximate surface area is 172 Å². The third-order valence-electron chi connectivity index (χ3n) is 5.01. The standard InChI is InChI=1S/C22H22F2N4O2/c23-16-5-3-15(4-6-16)20-12-21(27-26-20)28-11-1-2-18(13-28)25-22(29)14-30-19-9-7-17(24)8-10-19/h3-10,12,18H,1-2,11,13-14H2,(H,25,29)(H,26,27). The van der Waals surface area contributed by atoms with E-state index in [1.807, 2.05) is 6.07 Å². The highest BCUT2D eigenvalue weighted by molar-refractivity contribution is 5.78. The zero-order valence-corrected chi connectivity index (χ0v) is 16.3. The van der Waals surface area contributed by atoms with Crippen molar-refractivity contribution in [2.45, 2.75) is 18.9 Å². The van der Waals surface area contributed by atoms with Gasteiger partial charge >= 0.3 is 0 Å². The molecule has 1 aliphatic rings. The van der Waals surface area contributed by atoms with Gasteiger partial charge in [-0.05, 0) is 66.9 Å². The number of piperidine rings is 1. The molecule has 0 saturated carbocycles. The number of hydrogen-bond donors (Lipinski definition) is 2. The molecule has 0 aliphatic carbocycles. The molecule has 1 unspecified atom stereocenters. The number of nitrogens with zero attached hydrogens (tertiary/aromatic N) is 2. The molecule has 156 valence electrons. The topological polar surface area (TPSA) is 70.2 Å². The largest absolute Gasteiger partial charge is 0.484 e. The van der Waals surface area contributed by atoms with E-state index in [4.69, 9.17) is 4.74 Å². The van der Waals surface area contributed by atoms with E-state index in [1.165, 1.54) is 36.4 Å². The summed E-state index contributed by atoms with van der Waals surface area (Å²) >= 11 is 0. The predicted octanol–water partition coefficient (Wildman–Crippen LogP) is 3.52. The van der Waals surface area contributed by atoms with E-state index in [2.05, 4.69) is 20.4 Å². The monoisotopic (exact) mass is 412 g/mol. The molecule has 0 bridgehead atoms. The molecule has 1 aromatic heterocycles. The number of carbonyl (C=O) groups is 1. The molecule has 0 spiro atoms. The Morgan fingerprint density at radius 3 is 2.57 bits per heavy atom. The van der Waals surface area contributed by atoms with Crippen molar-refractivity contribution in [2.24, 2.45) is 0 Å². The molecule has 4 rings (SSSR count). The Morgan fingerprint density at radius 2 is 1.83 bits per heavy atom. The number of benzene rings is 2. The van der Waals surface area contributed by atoms with Crippen LogP contribution in [0.2, 0.25) is 0 Å². The number of ether oxygens (including phenoxy) is 1. The number of halogens is 2. The lowest BCUT2D eigenvalue weighted by atomic mass is 10.1. The van der Waals surface area contributed by atoms with Crippen molar-refractivity contribution in [1.29, 1.82) is 0 Å². The van der Waals surface area contributed by atoms with Gasteiger partial charge < -0.3 is 15.0 Å². The van der Waals surface area contributed by atoms with Gasteiger partial charge in [0.2, 0.25) is 0 Å². The van der Waals surface area contributed by atoms with Crippen LogP contribution in [0, 0.1) is 11.6 Å². The quantitative estimate of drug-likeness (QED) is 0.650. The normalized spacial score (nSPS) is 16.3. The van der Waals surface area contributed by atoms with E-state index < -0.39 is 0 Å². The van der Waals surface area contributed by atoms with Crippen LogP contribution in [-0.4, -0.2) is 41.8 Å². The van der Waals surface area contributed by atoms with Crippen LogP contribution in [-0.2, 0) is 4.79 Å². The molecule has 8 heteroatoms. The van der Waals surface area contributed by atoms with Crippen molar-refractivity contribution in [2.75, 3.05) is 24.6 Å². The number of carbonyl (C=O) groups excluding carboxylic acids is 1. The summed E-state index contributed by atoms with van der Waals surface area (Å²) in [6.07, 6.45) is 1.79. The van der Waals surface area contributed by atoms with Gasteiger partial charge in [0.1, 0.15) is 17.4 Å². The summed E-state index contributed by atoms with van der Waals surface area (Å²) in [5.74, 6) is 0.379. The van der Waals surface area contributed by atoms with Gasteiger partial charge in [-0.25, -0.2) is 8.78 Å². The Balaban J connectivity index is 1.31. The molecule has 30 heavy (non-hydrogen) atoms. The molecule has 2 aromatic carbocycles. The fourth-order valence-electron chi connectivity index (χ4n) is 3.50. The maximum absolute atomic E-state index is 13.1. The predicted molar refractivity (Wildman–Crippen MR) is 109 cm³/mol. The van der Waals surface area contributed by atoms with Crippen LogP contribution in [0.15, 0.2) is 54.6 Å². The summed E-state index contributed by atoms with van der Waals surface area (Å²) in [5, 5.41) is 10.3. The fraction of sp³-hybridized carbons (Fsp3) is 0.273. The molecule has 1 saturated heterocycles. The van der Waals surface area contributed by atoms with Crippen LogP contribution in [0.5, 0.6) is 5.75 Å². The van der Waals surface area contributed by atoms with Gasteiger partial charge in [0.25, 0.3) is 5.91 Å². The van der Waals surface area contributed by atoms with Crippen molar-refractivity contribution < 1.29 is 18.3 Å². The zero-order valence-electron chi connectivity index (χ0n) is 16.3. The number of amides is 1. The molecule has 2 heterocycles. The zero-order chi connectivity index (χ0) is 20.9. The molecule has 1 amide bonds. The highest BCUT2D eigenvalue weighted by atomic mass is 19.1. The first-order valence-electron chi connectivity index (χ1n) is 9.81. The maximum Gasteiger partial charge on any atom is 0.258 e. The summed E-state index contributed by atoms with van der Waals surface area (Å²) in [6.45, 7) is 1.35. The molecular formula is C22H22F2N4O2. The summed E-state index contributed by atoms with van der Waals surface area (Å²) in [5.41, 5.74) is 1.67. The summed E-state index contributed by atoms with van der Waals surface area (Å²) < 4.78 is 31.4. The Kier molecular flexibility index (Phi) is 5.92. The molecule has 2 N–H and O–H groups in total. The minimum Gasteiger partial charge on any atom is -0.484 e. The van der Waals surface area contributed by atoms with E-state index in [9.17, 15) is 13.6 Å². The Morgan fingerprint density at radius 1 is 1.13 bits per heavy atom. The summed E-state index contributed by atoms with van der Waals surface area (Å²) in [4.78, 5) is 14.3. The highest BCUT2D eigenvalue weighted by Gasteiger charge is 2.23. The fourth-order valence-corrected chi connectivity index (χ4v) is 3.50. The first-order chi connectivity index (χ1) is 14.6. The smallest absolute Gasteiger partial charge is 0.258 e. The van der Waals surface area contributed by atoms with Crippen molar-refractivity contribution in [3.8, 4) is 17.0 Å². The molecular weight excluding hydrogens is 390 g/mol. The number of hydrogen-bond acceptors (Lipinski definition) is 4. The number of aromatic amines is 1. The van der Waals surface area contributed by atoms with Gasteiger partial charge in [0, 0.05) is 25.2 Å². The molecule has 6 nitrogen and oxygen atoms in total. The van der Waals surface area contributed by atoms with E-state index in [1.54, 1.807) is 12.1 Å². The Bertz CT molecular complexity index is 989. The molecule has 3 aromatic rings. The molecule has 1 aliphatic heterocycles. The number of rotatable bonds is 6. The van der Waals surface area contributed by atoms with Crippen LogP contribution < -0.4 is 15.0 Å². The number of aromatic nitrogens is 2. The van der Waals surface area contributed by atoms with Crippen LogP contribution in [0.1, 0.15) is 12.8 Å². The van der Waals surface area contributed by atoms with Crippen LogP contribution in [0.3, 0.4) is 0 Å². The third kappa shape index (κ3) is 4.94. The summed E-state index contributed by atoms with van der Waals surface area (Å²) in [7, 11) is 0. The number of nitrogens with one attached hydrogen (secondary N) is 2. The van der Waals surface area contributed by atoms with E-state index in [-0.39, 0.29) is 30.2 Å². The molecule has 0 radical (unpaired) electrons. The highest BCUT2D eigenvalue weighted by Crippen LogP contribution is 2.24. The van der Waals surface area contributed by atoms with Gasteiger partial charge in [0.15, 0.2) is 12.4 Å². The second kappa shape index (κ2) is 8.94. The SMILES string of the molecule is O=C(COc1ccc(F)cc1)NC1CCCN(c2cc(-c3ccc(F)cc3)[nH]n2)C1. The van der Waals surface area contributed by atoms with Gasteiger partial charge in [-0.3, -0.25) is 9.89 Å². The lowest BCUT2D eigenvalue weighted by Gasteiger charge is -2.33. The Hall–Kier alpha value is -3.42. The van der Waals surface area contributed by atoms with Crippen molar-refractivity contribution >= 4 is 11.7 Å². The minimum atomic E-state index is -0.352. The van der Waals surface area contributed by atoms with Gasteiger partial charge in [0.05, 0.1) is 5.69 Å². The van der Waals surface area contributed by atoms with E-state index >= 15 is 0 Å². The maximum atomic E-state index is 13.1. The van der Waals surface area contributed by atoms with Gasteiger partial charge in [-0.2, -0.15) is 5.10 Å². The number of H-pyrrole nitrogens is 1. The van der Waals surface area contributed by atoms with E-state index in [0.717, 1.165) is 36.5 Å². The molecule has 1 fully saturated rings. The average molecular weight is 412 g/mol. The van der Waals surface area contributed by atoms with Gasteiger partial charge in [-0.1, -0.05) is 0 Å². The van der Waals surface area contributed by atoms with Gasteiger partial charge in [-0.15, -0.1) is 0 Å². The lowest BCUT2D eigenvalue weighted by Crippen LogP contribution is -2.49. The first-order valence-corrected chi connectivity index (χ1v) is 9.81. The number of anilines is 1. The second-order valence-electron chi connectivity index (χ2n) is 7.24.